The van der Waals surface area contributed by atoms with E-state index in [4.69, 9.17) is 5.11 Å². The minimum Gasteiger partial charge on any atom is -0.477 e. The van der Waals surface area contributed by atoms with E-state index in [-0.39, 0.29) is 43.0 Å². The second-order valence-electron chi connectivity index (χ2n) is 4.56. The molecule has 7 heteroatoms. The van der Waals surface area contributed by atoms with Gasteiger partial charge in [-0.3, -0.25) is 9.59 Å². The molecule has 1 aliphatic rings. The Kier molecular flexibility index (Phi) is 5.47. The van der Waals surface area contributed by atoms with Crippen LogP contribution >= 0.6 is 0 Å². The van der Waals surface area contributed by atoms with Gasteiger partial charge in [-0.25, -0.2) is 9.80 Å². The van der Waals surface area contributed by atoms with E-state index in [0.29, 0.717) is 0 Å². The molecule has 0 bridgehead atoms. The van der Waals surface area contributed by atoms with Gasteiger partial charge in [0.25, 0.3) is 0 Å². The minimum atomic E-state index is -1.16. The van der Waals surface area contributed by atoms with Gasteiger partial charge in [-0.15, -0.1) is 0 Å². The molecule has 2 amide bonds. The number of hydrazone groups is 1. The molecule has 0 fully saturated rings. The first-order chi connectivity index (χ1) is 8.93. The van der Waals surface area contributed by atoms with Crippen molar-refractivity contribution in [2.24, 2.45) is 5.10 Å². The number of nitrogens with one attached hydrogen (secondary N) is 1. The van der Waals surface area contributed by atoms with Crippen molar-refractivity contribution in [3.63, 3.8) is 0 Å². The number of carbonyl (C=O) groups excluding carboxylic acids is 2. The fourth-order valence-electron chi connectivity index (χ4n) is 1.84. The van der Waals surface area contributed by atoms with Crippen LogP contribution < -0.4 is 5.32 Å². The standard InChI is InChI=1S/C12H19N3O4/c1-3-4-8(2)13-10(16)7-15-11(17)6-5-9(14-15)12(18)19/h8H,3-7H2,1-2H3,(H,13,16)(H,18,19). The summed E-state index contributed by atoms with van der Waals surface area (Å²) in [6.45, 7) is 3.66. The normalized spacial score (nSPS) is 16.8. The van der Waals surface area contributed by atoms with E-state index in [0.717, 1.165) is 17.9 Å². The molecule has 7 nitrogen and oxygen atoms in total. The average Bonchev–Trinajstić information content (AvgIpc) is 2.31. The zero-order chi connectivity index (χ0) is 14.4. The third kappa shape index (κ3) is 4.69. The number of amides is 2. The highest BCUT2D eigenvalue weighted by Gasteiger charge is 2.25. The highest BCUT2D eigenvalue weighted by Crippen LogP contribution is 2.09. The lowest BCUT2D eigenvalue weighted by atomic mass is 10.1. The maximum absolute atomic E-state index is 11.7. The highest BCUT2D eigenvalue weighted by molar-refractivity contribution is 6.36. The van der Waals surface area contributed by atoms with Gasteiger partial charge in [0.1, 0.15) is 12.3 Å². The summed E-state index contributed by atoms with van der Waals surface area (Å²) in [5.74, 6) is -1.81. The molecule has 0 aromatic heterocycles. The van der Waals surface area contributed by atoms with Gasteiger partial charge < -0.3 is 10.4 Å². The van der Waals surface area contributed by atoms with Crippen molar-refractivity contribution < 1.29 is 19.5 Å². The molecule has 0 spiro atoms. The van der Waals surface area contributed by atoms with Gasteiger partial charge in [-0.2, -0.15) is 5.10 Å². The Bertz CT molecular complexity index is 406. The first kappa shape index (κ1) is 15.1. The third-order valence-corrected chi connectivity index (χ3v) is 2.77. The predicted octanol–water partition coefficient (Wildman–Crippen LogP) is 0.354. The number of nitrogens with zero attached hydrogens (tertiary/aromatic N) is 2. The molecular formula is C12H19N3O4. The maximum atomic E-state index is 11.7. The SMILES string of the molecule is CCCC(C)NC(=O)CN1N=C(C(=O)O)CCC1=O. The van der Waals surface area contributed by atoms with Gasteiger partial charge in [0.2, 0.25) is 11.8 Å². The van der Waals surface area contributed by atoms with Crippen molar-refractivity contribution in [3.05, 3.63) is 0 Å². The Morgan fingerprint density at radius 1 is 1.47 bits per heavy atom. The van der Waals surface area contributed by atoms with Crippen LogP contribution in [0.25, 0.3) is 0 Å². The summed E-state index contributed by atoms with van der Waals surface area (Å²) in [7, 11) is 0. The van der Waals surface area contributed by atoms with Crippen LogP contribution in [0.4, 0.5) is 0 Å². The van der Waals surface area contributed by atoms with Crippen LogP contribution in [0.3, 0.4) is 0 Å². The summed E-state index contributed by atoms with van der Waals surface area (Å²) in [6.07, 6.45) is 1.98. The molecule has 1 rings (SSSR count). The summed E-state index contributed by atoms with van der Waals surface area (Å²) in [6, 6.07) is 0.0281. The monoisotopic (exact) mass is 269 g/mol. The van der Waals surface area contributed by atoms with Gasteiger partial charge in [0.15, 0.2) is 0 Å². The van der Waals surface area contributed by atoms with Crippen LogP contribution in [0.1, 0.15) is 39.5 Å². The van der Waals surface area contributed by atoms with Gasteiger partial charge in [-0.05, 0) is 13.3 Å². The Hall–Kier alpha value is -1.92. The van der Waals surface area contributed by atoms with E-state index in [9.17, 15) is 14.4 Å². The van der Waals surface area contributed by atoms with Crippen LogP contribution in [0.2, 0.25) is 0 Å². The second-order valence-corrected chi connectivity index (χ2v) is 4.56. The molecular weight excluding hydrogens is 250 g/mol. The topological polar surface area (TPSA) is 99.1 Å². The summed E-state index contributed by atoms with van der Waals surface area (Å²) < 4.78 is 0. The van der Waals surface area contributed by atoms with Crippen molar-refractivity contribution in [2.45, 2.75) is 45.6 Å². The molecule has 1 heterocycles. The van der Waals surface area contributed by atoms with E-state index in [1.807, 2.05) is 13.8 Å². The fraction of sp³-hybridized carbons (Fsp3) is 0.667. The molecule has 1 atom stereocenters. The summed E-state index contributed by atoms with van der Waals surface area (Å²) in [4.78, 5) is 34.0. The van der Waals surface area contributed by atoms with E-state index in [2.05, 4.69) is 10.4 Å². The number of aliphatic carboxylic acids is 1. The Morgan fingerprint density at radius 2 is 2.16 bits per heavy atom. The molecule has 19 heavy (non-hydrogen) atoms. The Labute approximate surface area is 111 Å². The number of hydrogen-bond donors (Lipinski definition) is 2. The lowest BCUT2D eigenvalue weighted by Gasteiger charge is -2.22. The molecule has 0 aliphatic carbocycles. The Morgan fingerprint density at radius 3 is 2.74 bits per heavy atom. The molecule has 0 aromatic rings. The lowest BCUT2D eigenvalue weighted by Crippen LogP contribution is -2.43. The van der Waals surface area contributed by atoms with Gasteiger partial charge in [-0.1, -0.05) is 13.3 Å². The molecule has 2 N–H and O–H groups in total. The second kappa shape index (κ2) is 6.86. The number of carboxylic acid groups (broad SMARTS) is 1. The van der Waals surface area contributed by atoms with Crippen LogP contribution in [0.5, 0.6) is 0 Å². The van der Waals surface area contributed by atoms with Crippen molar-refractivity contribution >= 4 is 23.5 Å². The molecule has 106 valence electrons. The van der Waals surface area contributed by atoms with Crippen molar-refractivity contribution in [2.75, 3.05) is 6.54 Å². The number of carboxylic acids is 1. The van der Waals surface area contributed by atoms with Crippen LogP contribution in [0.15, 0.2) is 5.10 Å². The third-order valence-electron chi connectivity index (χ3n) is 2.77. The summed E-state index contributed by atoms with van der Waals surface area (Å²) >= 11 is 0. The molecule has 1 unspecified atom stereocenters. The average molecular weight is 269 g/mol. The zero-order valence-corrected chi connectivity index (χ0v) is 11.2. The number of carbonyl (C=O) groups is 3. The summed E-state index contributed by atoms with van der Waals surface area (Å²) in [5.41, 5.74) is -0.0889. The van der Waals surface area contributed by atoms with Gasteiger partial charge >= 0.3 is 5.97 Å². The molecule has 0 radical (unpaired) electrons. The highest BCUT2D eigenvalue weighted by atomic mass is 16.4. The summed E-state index contributed by atoms with van der Waals surface area (Å²) in [5, 5.41) is 16.2. The van der Waals surface area contributed by atoms with E-state index in [1.54, 1.807) is 0 Å². The van der Waals surface area contributed by atoms with Crippen molar-refractivity contribution in [1.82, 2.24) is 10.3 Å². The van der Waals surface area contributed by atoms with Crippen molar-refractivity contribution in [3.8, 4) is 0 Å². The molecule has 0 aromatic carbocycles. The van der Waals surface area contributed by atoms with Gasteiger partial charge in [0, 0.05) is 18.9 Å². The molecule has 0 saturated heterocycles. The fourth-order valence-corrected chi connectivity index (χ4v) is 1.84. The quantitative estimate of drug-likeness (QED) is 0.727. The zero-order valence-electron chi connectivity index (χ0n) is 11.2. The number of rotatable bonds is 6. The Balaban J connectivity index is 2.59. The maximum Gasteiger partial charge on any atom is 0.352 e. The van der Waals surface area contributed by atoms with Crippen molar-refractivity contribution in [1.29, 1.82) is 0 Å². The van der Waals surface area contributed by atoms with E-state index >= 15 is 0 Å². The largest absolute Gasteiger partial charge is 0.477 e. The first-order valence-corrected chi connectivity index (χ1v) is 6.34. The molecule has 1 aliphatic heterocycles. The molecule has 0 saturated carbocycles. The number of hydrogen-bond acceptors (Lipinski definition) is 4. The van der Waals surface area contributed by atoms with Crippen LogP contribution in [-0.4, -0.2) is 46.2 Å². The smallest absolute Gasteiger partial charge is 0.352 e. The minimum absolute atomic E-state index is 0.0281. The van der Waals surface area contributed by atoms with Crippen LogP contribution in [0, 0.1) is 0 Å². The predicted molar refractivity (Wildman–Crippen MR) is 68.5 cm³/mol. The van der Waals surface area contributed by atoms with Gasteiger partial charge in [0.05, 0.1) is 0 Å². The van der Waals surface area contributed by atoms with E-state index in [1.165, 1.54) is 0 Å². The lowest BCUT2D eigenvalue weighted by molar-refractivity contribution is -0.137. The van der Waals surface area contributed by atoms with Crippen LogP contribution in [-0.2, 0) is 14.4 Å². The first-order valence-electron chi connectivity index (χ1n) is 6.34. The van der Waals surface area contributed by atoms with E-state index < -0.39 is 5.97 Å².